The van der Waals surface area contributed by atoms with Crippen LogP contribution < -0.4 is 21.7 Å². The first kappa shape index (κ1) is 29.2. The van der Waals surface area contributed by atoms with Crippen LogP contribution in [-0.4, -0.2) is 93.0 Å². The van der Waals surface area contributed by atoms with Gasteiger partial charge in [-0.15, -0.1) is 0 Å². The molecule has 0 aliphatic rings. The normalized spacial score (nSPS) is 15.3. The van der Waals surface area contributed by atoms with Crippen LogP contribution in [0.5, 0.6) is 5.75 Å². The number of phenolic OH excluding ortho intramolecular Hbond substituents is 1. The SMILES string of the molecule is CSCCC(NC(=O)C(N)CO)C(=O)NC(C(=O)NC(Cc1ccc(O)cc1)C(=O)O)C(C)O. The van der Waals surface area contributed by atoms with Crippen LogP contribution in [0.15, 0.2) is 24.3 Å². The van der Waals surface area contributed by atoms with E-state index in [1.54, 1.807) is 6.26 Å². The summed E-state index contributed by atoms with van der Waals surface area (Å²) in [5.74, 6) is -3.33. The number of rotatable bonds is 14. The average molecular weight is 501 g/mol. The molecular weight excluding hydrogens is 468 g/mol. The Hall–Kier alpha value is -2.87. The lowest BCUT2D eigenvalue weighted by atomic mass is 10.0. The van der Waals surface area contributed by atoms with Gasteiger partial charge in [-0.3, -0.25) is 14.4 Å². The Morgan fingerprint density at radius 2 is 1.59 bits per heavy atom. The van der Waals surface area contributed by atoms with E-state index in [-0.39, 0.29) is 18.6 Å². The first-order valence-electron chi connectivity index (χ1n) is 10.4. The number of carboxylic acid groups (broad SMARTS) is 1. The van der Waals surface area contributed by atoms with Gasteiger partial charge >= 0.3 is 5.97 Å². The van der Waals surface area contributed by atoms with E-state index in [9.17, 15) is 34.5 Å². The Bertz CT molecular complexity index is 837. The van der Waals surface area contributed by atoms with Crippen molar-refractivity contribution in [3.05, 3.63) is 29.8 Å². The predicted molar refractivity (Wildman–Crippen MR) is 125 cm³/mol. The van der Waals surface area contributed by atoms with Crippen molar-refractivity contribution in [1.29, 1.82) is 0 Å². The molecule has 3 amide bonds. The van der Waals surface area contributed by atoms with Crippen molar-refractivity contribution in [2.24, 2.45) is 5.73 Å². The monoisotopic (exact) mass is 500 g/mol. The Kier molecular flexibility index (Phi) is 12.4. The molecule has 0 spiro atoms. The lowest BCUT2D eigenvalue weighted by molar-refractivity contribution is -0.143. The van der Waals surface area contributed by atoms with Gasteiger partial charge < -0.3 is 42.1 Å². The summed E-state index contributed by atoms with van der Waals surface area (Å²) in [6, 6.07) is 0.541. The molecule has 1 rings (SSSR count). The van der Waals surface area contributed by atoms with Crippen molar-refractivity contribution < 1.29 is 39.6 Å². The second-order valence-electron chi connectivity index (χ2n) is 7.63. The fourth-order valence-corrected chi connectivity index (χ4v) is 3.33. The molecule has 13 heteroatoms. The maximum absolute atomic E-state index is 12.8. The highest BCUT2D eigenvalue weighted by Crippen LogP contribution is 2.12. The molecular formula is C21H32N4O8S. The van der Waals surface area contributed by atoms with Crippen LogP contribution in [0.2, 0.25) is 0 Å². The standard InChI is InChI=1S/C21H32N4O8S/c1-11(27)17(25-19(30)15(7-8-34-2)23-18(29)14(22)10-26)20(31)24-16(21(32)33)9-12-3-5-13(28)6-4-12/h3-6,11,14-17,26-28H,7-10,22H2,1-2H3,(H,23,29)(H,24,31)(H,25,30)(H,32,33). The van der Waals surface area contributed by atoms with E-state index in [1.807, 2.05) is 0 Å². The zero-order chi connectivity index (χ0) is 25.8. The summed E-state index contributed by atoms with van der Waals surface area (Å²) in [6.07, 6.45) is 0.489. The van der Waals surface area contributed by atoms with Crippen molar-refractivity contribution in [3.63, 3.8) is 0 Å². The van der Waals surface area contributed by atoms with Crippen LogP contribution in [0.3, 0.4) is 0 Å². The first-order chi connectivity index (χ1) is 16.0. The number of carbonyl (C=O) groups excluding carboxylic acids is 3. The molecule has 12 nitrogen and oxygen atoms in total. The minimum Gasteiger partial charge on any atom is -0.508 e. The minimum atomic E-state index is -1.51. The molecule has 9 N–H and O–H groups in total. The zero-order valence-corrected chi connectivity index (χ0v) is 19.7. The van der Waals surface area contributed by atoms with E-state index in [2.05, 4.69) is 16.0 Å². The minimum absolute atomic E-state index is 0.000365. The predicted octanol–water partition coefficient (Wildman–Crippen LogP) is -2.07. The van der Waals surface area contributed by atoms with Crippen LogP contribution >= 0.6 is 11.8 Å². The maximum atomic E-state index is 12.8. The van der Waals surface area contributed by atoms with E-state index in [0.29, 0.717) is 11.3 Å². The molecule has 0 bridgehead atoms. The molecule has 0 aromatic heterocycles. The van der Waals surface area contributed by atoms with Crippen molar-refractivity contribution in [2.45, 2.75) is 50.0 Å². The number of aliphatic hydroxyl groups is 2. The molecule has 0 fully saturated rings. The number of nitrogens with two attached hydrogens (primary N) is 1. The number of thioether (sulfide) groups is 1. The van der Waals surface area contributed by atoms with Crippen LogP contribution in [-0.2, 0) is 25.6 Å². The molecule has 34 heavy (non-hydrogen) atoms. The molecule has 0 radical (unpaired) electrons. The highest BCUT2D eigenvalue weighted by molar-refractivity contribution is 7.98. The number of phenols is 1. The summed E-state index contributed by atoms with van der Waals surface area (Å²) in [5, 5.41) is 45.0. The number of aliphatic carboxylic acids is 1. The number of aliphatic hydroxyl groups excluding tert-OH is 2. The molecule has 0 saturated carbocycles. The van der Waals surface area contributed by atoms with Crippen molar-refractivity contribution in [3.8, 4) is 5.75 Å². The Morgan fingerprint density at radius 1 is 1.00 bits per heavy atom. The second-order valence-corrected chi connectivity index (χ2v) is 8.61. The summed E-state index contributed by atoms with van der Waals surface area (Å²) in [6.45, 7) is 0.621. The molecule has 1 aromatic rings. The lowest BCUT2D eigenvalue weighted by Crippen LogP contribution is -2.60. The van der Waals surface area contributed by atoms with Crippen molar-refractivity contribution >= 4 is 35.5 Å². The van der Waals surface area contributed by atoms with Crippen LogP contribution in [0, 0.1) is 0 Å². The smallest absolute Gasteiger partial charge is 0.326 e. The third-order valence-electron chi connectivity index (χ3n) is 4.83. The molecule has 0 aliphatic heterocycles. The zero-order valence-electron chi connectivity index (χ0n) is 18.9. The Morgan fingerprint density at radius 3 is 2.09 bits per heavy atom. The third-order valence-corrected chi connectivity index (χ3v) is 5.47. The number of hydrogen-bond acceptors (Lipinski definition) is 9. The van der Waals surface area contributed by atoms with Gasteiger partial charge in [0.2, 0.25) is 17.7 Å². The van der Waals surface area contributed by atoms with E-state index in [4.69, 9.17) is 10.8 Å². The fourth-order valence-electron chi connectivity index (χ4n) is 2.85. The van der Waals surface area contributed by atoms with Gasteiger partial charge in [0.25, 0.3) is 0 Å². The van der Waals surface area contributed by atoms with Gasteiger partial charge in [-0.25, -0.2) is 4.79 Å². The van der Waals surface area contributed by atoms with Gasteiger partial charge in [-0.05, 0) is 43.0 Å². The van der Waals surface area contributed by atoms with Crippen LogP contribution in [0.4, 0.5) is 0 Å². The number of carboxylic acids is 1. The summed E-state index contributed by atoms with van der Waals surface area (Å²) < 4.78 is 0. The first-order valence-corrected chi connectivity index (χ1v) is 11.8. The molecule has 5 atom stereocenters. The summed E-state index contributed by atoms with van der Waals surface area (Å²) in [7, 11) is 0. The highest BCUT2D eigenvalue weighted by Gasteiger charge is 2.32. The molecule has 5 unspecified atom stereocenters. The van der Waals surface area contributed by atoms with E-state index >= 15 is 0 Å². The number of nitrogens with one attached hydrogen (secondary N) is 3. The highest BCUT2D eigenvalue weighted by atomic mass is 32.2. The third kappa shape index (κ3) is 9.55. The fraction of sp³-hybridized carbons (Fsp3) is 0.524. The number of carbonyl (C=O) groups is 4. The van der Waals surface area contributed by atoms with Gasteiger partial charge in [0.05, 0.1) is 12.7 Å². The Balaban J connectivity index is 2.94. The molecule has 1 aromatic carbocycles. The van der Waals surface area contributed by atoms with Crippen LogP contribution in [0.25, 0.3) is 0 Å². The summed E-state index contributed by atoms with van der Waals surface area (Å²) >= 11 is 1.41. The molecule has 0 aliphatic carbocycles. The molecule has 190 valence electrons. The molecule has 0 saturated heterocycles. The van der Waals surface area contributed by atoms with Gasteiger partial charge in [0.1, 0.15) is 29.9 Å². The summed E-state index contributed by atoms with van der Waals surface area (Å²) in [5.41, 5.74) is 6.00. The van der Waals surface area contributed by atoms with Crippen molar-refractivity contribution in [1.82, 2.24) is 16.0 Å². The number of amides is 3. The van der Waals surface area contributed by atoms with E-state index < -0.39 is 60.6 Å². The van der Waals surface area contributed by atoms with Gasteiger partial charge in [-0.1, -0.05) is 12.1 Å². The lowest BCUT2D eigenvalue weighted by Gasteiger charge is -2.26. The average Bonchev–Trinajstić information content (AvgIpc) is 2.79. The number of hydrogen-bond donors (Lipinski definition) is 8. The van der Waals surface area contributed by atoms with Gasteiger partial charge in [-0.2, -0.15) is 11.8 Å². The molecule has 0 heterocycles. The number of aromatic hydroxyl groups is 1. The quantitative estimate of drug-likeness (QED) is 0.140. The Labute approximate surface area is 201 Å². The largest absolute Gasteiger partial charge is 0.508 e. The topological polar surface area (TPSA) is 211 Å². The van der Waals surface area contributed by atoms with Gasteiger partial charge in [0.15, 0.2) is 0 Å². The number of benzene rings is 1. The van der Waals surface area contributed by atoms with Gasteiger partial charge in [0, 0.05) is 6.42 Å². The van der Waals surface area contributed by atoms with E-state index in [1.165, 1.54) is 43.0 Å². The van der Waals surface area contributed by atoms with E-state index in [0.717, 1.165) is 0 Å². The van der Waals surface area contributed by atoms with Crippen LogP contribution in [0.1, 0.15) is 18.9 Å². The maximum Gasteiger partial charge on any atom is 0.326 e. The van der Waals surface area contributed by atoms with Crippen molar-refractivity contribution in [2.75, 3.05) is 18.6 Å². The summed E-state index contributed by atoms with van der Waals surface area (Å²) in [4.78, 5) is 49.2. The second kappa shape index (κ2) is 14.4.